The van der Waals surface area contributed by atoms with E-state index in [4.69, 9.17) is 9.47 Å². The first-order chi connectivity index (χ1) is 13.0. The summed E-state index contributed by atoms with van der Waals surface area (Å²) in [5.41, 5.74) is 2.80. The van der Waals surface area contributed by atoms with Gasteiger partial charge in [0.2, 0.25) is 6.79 Å². The van der Waals surface area contributed by atoms with Gasteiger partial charge in [-0.3, -0.25) is 4.90 Å². The van der Waals surface area contributed by atoms with Crippen LogP contribution in [0.4, 0.5) is 0 Å². The first kappa shape index (κ1) is 18.2. The Morgan fingerprint density at radius 1 is 1.11 bits per heavy atom. The summed E-state index contributed by atoms with van der Waals surface area (Å²) < 4.78 is 11.0. The van der Waals surface area contributed by atoms with Gasteiger partial charge in [-0.05, 0) is 48.9 Å². The van der Waals surface area contributed by atoms with Crippen LogP contribution in [0.3, 0.4) is 0 Å². The van der Waals surface area contributed by atoms with Crippen LogP contribution in [0.25, 0.3) is 0 Å². The zero-order valence-electron chi connectivity index (χ0n) is 16.6. The second kappa shape index (κ2) is 7.47. The fourth-order valence-electron chi connectivity index (χ4n) is 4.25. The van der Waals surface area contributed by atoms with E-state index in [1.54, 1.807) is 0 Å². The van der Waals surface area contributed by atoms with Crippen LogP contribution in [0.1, 0.15) is 56.5 Å². The van der Waals surface area contributed by atoms with Gasteiger partial charge in [-0.25, -0.2) is 9.97 Å². The van der Waals surface area contributed by atoms with Crippen molar-refractivity contribution in [3.63, 3.8) is 0 Å². The molecule has 0 radical (unpaired) electrons. The third kappa shape index (κ3) is 4.24. The van der Waals surface area contributed by atoms with Gasteiger partial charge < -0.3 is 9.47 Å². The molecule has 3 heterocycles. The van der Waals surface area contributed by atoms with E-state index >= 15 is 0 Å². The zero-order chi connectivity index (χ0) is 18.9. The van der Waals surface area contributed by atoms with Gasteiger partial charge in [0.05, 0.1) is 0 Å². The van der Waals surface area contributed by atoms with Crippen molar-refractivity contribution in [1.29, 1.82) is 0 Å². The summed E-state index contributed by atoms with van der Waals surface area (Å²) in [6.45, 7) is 10.1. The van der Waals surface area contributed by atoms with Crippen molar-refractivity contribution < 1.29 is 9.47 Å². The van der Waals surface area contributed by atoms with Crippen molar-refractivity contribution in [2.75, 3.05) is 19.9 Å². The molecule has 2 aliphatic rings. The molecule has 0 N–H and O–H groups in total. The van der Waals surface area contributed by atoms with Crippen LogP contribution in [-0.2, 0) is 13.0 Å². The summed E-state index contributed by atoms with van der Waals surface area (Å²) in [6, 6.07) is 6.36. The predicted molar refractivity (Wildman–Crippen MR) is 105 cm³/mol. The molecule has 1 aromatic heterocycles. The standard InChI is InChI=1S/C22H29N3O2/c1-16(2)21-23-11-18(12-24-21)13-25-8-4-7-22(3,14-25)10-17-5-6-19-20(9-17)27-15-26-19/h5-6,9,11-12,16H,4,7-8,10,13-15H2,1-3H3/t22-/m0/s1. The van der Waals surface area contributed by atoms with Crippen molar-refractivity contribution in [3.8, 4) is 11.5 Å². The molecule has 0 saturated carbocycles. The minimum Gasteiger partial charge on any atom is -0.454 e. The Hall–Kier alpha value is -2.14. The summed E-state index contributed by atoms with van der Waals surface area (Å²) in [4.78, 5) is 11.6. The first-order valence-corrected chi connectivity index (χ1v) is 9.92. The molecule has 2 aliphatic heterocycles. The van der Waals surface area contributed by atoms with E-state index in [9.17, 15) is 0 Å². The quantitative estimate of drug-likeness (QED) is 0.794. The number of fused-ring (bicyclic) bond motifs is 1. The summed E-state index contributed by atoms with van der Waals surface area (Å²) in [6.07, 6.45) is 7.52. The van der Waals surface area contributed by atoms with E-state index in [0.717, 1.165) is 43.4 Å². The highest BCUT2D eigenvalue weighted by atomic mass is 16.7. The van der Waals surface area contributed by atoms with Gasteiger partial charge in [-0.1, -0.05) is 26.8 Å². The Morgan fingerprint density at radius 2 is 1.89 bits per heavy atom. The minimum absolute atomic E-state index is 0.269. The SMILES string of the molecule is CC(C)c1ncc(CN2CCC[C@@](C)(Cc3ccc4c(c3)OCO4)C2)cn1. The maximum atomic E-state index is 5.54. The average molecular weight is 367 g/mol. The van der Waals surface area contributed by atoms with E-state index < -0.39 is 0 Å². The van der Waals surface area contributed by atoms with Crippen molar-refractivity contribution in [3.05, 3.63) is 47.5 Å². The van der Waals surface area contributed by atoms with Crippen LogP contribution >= 0.6 is 0 Å². The molecule has 1 atom stereocenters. The van der Waals surface area contributed by atoms with Gasteiger partial charge in [0.25, 0.3) is 0 Å². The lowest BCUT2D eigenvalue weighted by atomic mass is 9.77. The fraction of sp³-hybridized carbons (Fsp3) is 0.545. The highest BCUT2D eigenvalue weighted by Crippen LogP contribution is 2.37. The van der Waals surface area contributed by atoms with Crippen LogP contribution in [0.5, 0.6) is 11.5 Å². The topological polar surface area (TPSA) is 47.5 Å². The lowest BCUT2D eigenvalue weighted by Crippen LogP contribution is -2.42. The highest BCUT2D eigenvalue weighted by molar-refractivity contribution is 5.44. The van der Waals surface area contributed by atoms with E-state index in [-0.39, 0.29) is 5.41 Å². The van der Waals surface area contributed by atoms with E-state index in [0.29, 0.717) is 12.7 Å². The number of hydrogen-bond acceptors (Lipinski definition) is 5. The van der Waals surface area contributed by atoms with E-state index in [1.165, 1.54) is 24.0 Å². The summed E-state index contributed by atoms with van der Waals surface area (Å²) in [7, 11) is 0. The van der Waals surface area contributed by atoms with Crippen LogP contribution in [0, 0.1) is 5.41 Å². The Bertz CT molecular complexity index is 791. The van der Waals surface area contributed by atoms with Gasteiger partial charge in [0, 0.05) is 37.0 Å². The molecule has 1 fully saturated rings. The van der Waals surface area contributed by atoms with Crippen molar-refractivity contribution in [1.82, 2.24) is 14.9 Å². The monoisotopic (exact) mass is 367 g/mol. The molecule has 0 aliphatic carbocycles. The maximum absolute atomic E-state index is 5.54. The molecule has 2 aromatic rings. The number of piperidine rings is 1. The predicted octanol–water partition coefficient (Wildman–Crippen LogP) is 4.17. The van der Waals surface area contributed by atoms with Gasteiger partial charge in [0.1, 0.15) is 5.82 Å². The number of rotatable bonds is 5. The number of likely N-dealkylation sites (tertiary alicyclic amines) is 1. The molecule has 5 nitrogen and oxygen atoms in total. The molecule has 0 spiro atoms. The van der Waals surface area contributed by atoms with Crippen molar-refractivity contribution >= 4 is 0 Å². The molecule has 4 rings (SSSR count). The van der Waals surface area contributed by atoms with Crippen LogP contribution in [0.2, 0.25) is 0 Å². The second-order valence-electron chi connectivity index (χ2n) is 8.59. The Balaban J connectivity index is 1.40. The smallest absolute Gasteiger partial charge is 0.231 e. The molecule has 0 bridgehead atoms. The van der Waals surface area contributed by atoms with Crippen LogP contribution < -0.4 is 9.47 Å². The van der Waals surface area contributed by atoms with Crippen LogP contribution in [-0.4, -0.2) is 34.8 Å². The number of aromatic nitrogens is 2. The van der Waals surface area contributed by atoms with Crippen molar-refractivity contribution in [2.45, 2.75) is 52.5 Å². The number of ether oxygens (including phenoxy) is 2. The van der Waals surface area contributed by atoms with Gasteiger partial charge in [-0.15, -0.1) is 0 Å². The Kier molecular flexibility index (Phi) is 5.04. The number of benzene rings is 1. The lowest BCUT2D eigenvalue weighted by molar-refractivity contribution is 0.0968. The van der Waals surface area contributed by atoms with Gasteiger partial charge in [-0.2, -0.15) is 0 Å². The number of nitrogens with zero attached hydrogens (tertiary/aromatic N) is 3. The Morgan fingerprint density at radius 3 is 2.67 bits per heavy atom. The van der Waals surface area contributed by atoms with E-state index in [2.05, 4.69) is 47.8 Å². The molecule has 27 heavy (non-hydrogen) atoms. The molecule has 0 unspecified atom stereocenters. The third-order valence-electron chi connectivity index (χ3n) is 5.58. The fourth-order valence-corrected chi connectivity index (χ4v) is 4.25. The first-order valence-electron chi connectivity index (χ1n) is 9.92. The second-order valence-corrected chi connectivity index (χ2v) is 8.59. The average Bonchev–Trinajstić information content (AvgIpc) is 3.09. The summed E-state index contributed by atoms with van der Waals surface area (Å²) >= 11 is 0. The Labute approximate surface area is 161 Å². The largest absolute Gasteiger partial charge is 0.454 e. The molecule has 0 amide bonds. The number of hydrogen-bond donors (Lipinski definition) is 0. The zero-order valence-corrected chi connectivity index (χ0v) is 16.6. The van der Waals surface area contributed by atoms with Gasteiger partial charge >= 0.3 is 0 Å². The normalized spacial score (nSPS) is 22.4. The minimum atomic E-state index is 0.269. The molecule has 1 saturated heterocycles. The molecule has 1 aromatic carbocycles. The van der Waals surface area contributed by atoms with Crippen molar-refractivity contribution in [2.24, 2.45) is 5.41 Å². The third-order valence-corrected chi connectivity index (χ3v) is 5.58. The van der Waals surface area contributed by atoms with Crippen LogP contribution in [0.15, 0.2) is 30.6 Å². The highest BCUT2D eigenvalue weighted by Gasteiger charge is 2.31. The summed E-state index contributed by atoms with van der Waals surface area (Å²) in [5, 5.41) is 0. The lowest BCUT2D eigenvalue weighted by Gasteiger charge is -2.40. The van der Waals surface area contributed by atoms with E-state index in [1.807, 2.05) is 18.5 Å². The molecular formula is C22H29N3O2. The molecular weight excluding hydrogens is 338 g/mol. The molecule has 5 heteroatoms. The molecule has 144 valence electrons. The summed E-state index contributed by atoms with van der Waals surface area (Å²) in [5.74, 6) is 3.04. The van der Waals surface area contributed by atoms with Gasteiger partial charge in [0.15, 0.2) is 11.5 Å². The maximum Gasteiger partial charge on any atom is 0.231 e.